The number of hydrogen-bond acceptors (Lipinski definition) is 3. The third kappa shape index (κ3) is 3.49. The van der Waals surface area contributed by atoms with Crippen molar-refractivity contribution < 1.29 is 4.74 Å². The number of nitrogens with two attached hydrogens (primary N) is 1. The Balaban J connectivity index is 2.46. The Hall–Kier alpha value is -0.980. The third-order valence-corrected chi connectivity index (χ3v) is 2.46. The van der Waals surface area contributed by atoms with E-state index in [1.807, 2.05) is 12.1 Å². The van der Waals surface area contributed by atoms with Gasteiger partial charge in [-0.05, 0) is 25.1 Å². The number of thiophene rings is 1. The van der Waals surface area contributed by atoms with E-state index >= 15 is 0 Å². The van der Waals surface area contributed by atoms with E-state index in [1.54, 1.807) is 18.4 Å². The molecule has 0 atom stereocenters. The van der Waals surface area contributed by atoms with Crippen molar-refractivity contribution in [2.75, 3.05) is 13.7 Å². The molecule has 0 aliphatic carbocycles. The third-order valence-electron chi connectivity index (χ3n) is 1.50. The normalized spacial score (nSPS) is 9.08. The lowest BCUT2D eigenvalue weighted by Gasteiger charge is -1.87. The van der Waals surface area contributed by atoms with Gasteiger partial charge in [-0.1, -0.05) is 23.2 Å². The highest BCUT2D eigenvalue weighted by atomic mass is 32.1. The lowest BCUT2D eigenvalue weighted by atomic mass is 10.3. The zero-order chi connectivity index (χ0) is 9.52. The predicted molar refractivity (Wildman–Crippen MR) is 56.0 cm³/mol. The molecule has 3 heteroatoms. The van der Waals surface area contributed by atoms with Gasteiger partial charge in [0.1, 0.15) is 0 Å². The highest BCUT2D eigenvalue weighted by Gasteiger charge is 1.94. The van der Waals surface area contributed by atoms with E-state index in [-0.39, 0.29) is 0 Å². The molecule has 2 nitrogen and oxygen atoms in total. The number of hydrogen-bond donors (Lipinski definition) is 1. The summed E-state index contributed by atoms with van der Waals surface area (Å²) in [5.74, 6) is 6.13. The van der Waals surface area contributed by atoms with Crippen molar-refractivity contribution in [3.8, 4) is 16.9 Å². The second kappa shape index (κ2) is 5.63. The quantitative estimate of drug-likeness (QED) is 0.590. The smallest absolute Gasteiger partial charge is 0.174 e. The molecule has 0 saturated heterocycles. The molecule has 0 fully saturated rings. The maximum atomic E-state index is 5.35. The van der Waals surface area contributed by atoms with Crippen molar-refractivity contribution in [3.05, 3.63) is 17.0 Å². The van der Waals surface area contributed by atoms with E-state index in [4.69, 9.17) is 10.5 Å². The highest BCUT2D eigenvalue weighted by molar-refractivity contribution is 7.14. The Labute approximate surface area is 82.7 Å². The summed E-state index contributed by atoms with van der Waals surface area (Å²) in [5.41, 5.74) is 5.35. The van der Waals surface area contributed by atoms with Crippen molar-refractivity contribution >= 4 is 11.3 Å². The number of ether oxygens (including phenoxy) is 1. The molecule has 0 aliphatic heterocycles. The van der Waals surface area contributed by atoms with Crippen LogP contribution in [0.5, 0.6) is 5.06 Å². The average Bonchev–Trinajstić information content (AvgIpc) is 2.60. The summed E-state index contributed by atoms with van der Waals surface area (Å²) in [6, 6.07) is 3.90. The summed E-state index contributed by atoms with van der Waals surface area (Å²) in [6.07, 6.45) is 1.84. The second-order valence-corrected chi connectivity index (χ2v) is 3.56. The lowest BCUT2D eigenvalue weighted by Crippen LogP contribution is -1.96. The maximum absolute atomic E-state index is 5.35. The molecule has 1 aromatic heterocycles. The molecule has 1 aromatic rings. The highest BCUT2D eigenvalue weighted by Crippen LogP contribution is 2.22. The molecule has 70 valence electrons. The van der Waals surface area contributed by atoms with Crippen LogP contribution in [0.2, 0.25) is 0 Å². The fourth-order valence-corrected chi connectivity index (χ4v) is 1.53. The van der Waals surface area contributed by atoms with Gasteiger partial charge in [0.2, 0.25) is 0 Å². The molecule has 0 bridgehead atoms. The van der Waals surface area contributed by atoms with Gasteiger partial charge in [0.25, 0.3) is 0 Å². The lowest BCUT2D eigenvalue weighted by molar-refractivity contribution is 0.427. The maximum Gasteiger partial charge on any atom is 0.174 e. The summed E-state index contributed by atoms with van der Waals surface area (Å²) in [5, 5.41) is 0.906. The van der Waals surface area contributed by atoms with Crippen LogP contribution in [0.3, 0.4) is 0 Å². The van der Waals surface area contributed by atoms with Crippen LogP contribution >= 0.6 is 11.3 Å². The summed E-state index contributed by atoms with van der Waals surface area (Å²) in [4.78, 5) is 1.05. The number of unbranched alkanes of at least 4 members (excludes halogenated alkanes) is 1. The van der Waals surface area contributed by atoms with Gasteiger partial charge < -0.3 is 10.5 Å². The van der Waals surface area contributed by atoms with Gasteiger partial charge in [-0.2, -0.15) is 0 Å². The van der Waals surface area contributed by atoms with Crippen LogP contribution in [0, 0.1) is 11.8 Å². The summed E-state index contributed by atoms with van der Waals surface area (Å²) < 4.78 is 5.05. The Morgan fingerprint density at radius 1 is 1.54 bits per heavy atom. The molecule has 0 aliphatic rings. The Morgan fingerprint density at radius 3 is 3.00 bits per heavy atom. The van der Waals surface area contributed by atoms with E-state index in [9.17, 15) is 0 Å². The van der Waals surface area contributed by atoms with Crippen LogP contribution in [-0.4, -0.2) is 13.7 Å². The molecule has 1 rings (SSSR count). The van der Waals surface area contributed by atoms with Gasteiger partial charge >= 0.3 is 0 Å². The van der Waals surface area contributed by atoms with Gasteiger partial charge in [0.15, 0.2) is 5.06 Å². The van der Waals surface area contributed by atoms with Crippen molar-refractivity contribution in [2.45, 2.75) is 12.8 Å². The molecule has 0 unspecified atom stereocenters. The van der Waals surface area contributed by atoms with Crippen LogP contribution in [0.1, 0.15) is 17.7 Å². The van der Waals surface area contributed by atoms with E-state index in [0.717, 1.165) is 22.8 Å². The molecule has 1 heterocycles. The summed E-state index contributed by atoms with van der Waals surface area (Å²) >= 11 is 1.56. The summed E-state index contributed by atoms with van der Waals surface area (Å²) in [7, 11) is 1.66. The Kier molecular flexibility index (Phi) is 4.37. The fourth-order valence-electron chi connectivity index (χ4n) is 0.837. The molecule has 0 aromatic carbocycles. The van der Waals surface area contributed by atoms with Crippen molar-refractivity contribution in [2.24, 2.45) is 5.73 Å². The van der Waals surface area contributed by atoms with Crippen LogP contribution in [0.4, 0.5) is 0 Å². The first-order valence-electron chi connectivity index (χ1n) is 4.19. The van der Waals surface area contributed by atoms with E-state index in [0.29, 0.717) is 6.54 Å². The van der Waals surface area contributed by atoms with Gasteiger partial charge in [-0.15, -0.1) is 0 Å². The minimum Gasteiger partial charge on any atom is -0.487 e. The standard InChI is InChI=1S/C10H13NOS/c1-12-10-7-6-9(13-10)5-3-2-4-8-11/h6-7H,2,4,8,11H2,1H3. The van der Waals surface area contributed by atoms with Crippen molar-refractivity contribution in [1.82, 2.24) is 0 Å². The zero-order valence-electron chi connectivity index (χ0n) is 7.67. The predicted octanol–water partition coefficient (Wildman–Crippen LogP) is 1.85. The minimum atomic E-state index is 0.711. The molecule has 0 amide bonds. The SMILES string of the molecule is COc1ccc(C#CCCCN)s1. The van der Waals surface area contributed by atoms with E-state index in [1.165, 1.54) is 0 Å². The van der Waals surface area contributed by atoms with Crippen LogP contribution in [-0.2, 0) is 0 Å². The Bertz CT molecular complexity index is 308. The van der Waals surface area contributed by atoms with Gasteiger partial charge in [-0.3, -0.25) is 0 Å². The minimum absolute atomic E-state index is 0.711. The van der Waals surface area contributed by atoms with Gasteiger partial charge in [-0.25, -0.2) is 0 Å². The molecule has 0 radical (unpaired) electrons. The van der Waals surface area contributed by atoms with E-state index in [2.05, 4.69) is 11.8 Å². The first-order valence-corrected chi connectivity index (χ1v) is 5.01. The number of rotatable bonds is 3. The zero-order valence-corrected chi connectivity index (χ0v) is 8.49. The molecule has 13 heavy (non-hydrogen) atoms. The summed E-state index contributed by atoms with van der Waals surface area (Å²) in [6.45, 7) is 0.711. The van der Waals surface area contributed by atoms with Crippen LogP contribution in [0.15, 0.2) is 12.1 Å². The average molecular weight is 195 g/mol. The monoisotopic (exact) mass is 195 g/mol. The molecular weight excluding hydrogens is 182 g/mol. The van der Waals surface area contributed by atoms with Crippen molar-refractivity contribution in [1.29, 1.82) is 0 Å². The molecular formula is C10H13NOS. The Morgan fingerprint density at radius 2 is 2.38 bits per heavy atom. The number of methoxy groups -OCH3 is 1. The van der Waals surface area contributed by atoms with Crippen LogP contribution in [0.25, 0.3) is 0 Å². The largest absolute Gasteiger partial charge is 0.487 e. The fraction of sp³-hybridized carbons (Fsp3) is 0.400. The van der Waals surface area contributed by atoms with Gasteiger partial charge in [0, 0.05) is 6.42 Å². The first-order chi connectivity index (χ1) is 6.36. The molecule has 2 N–H and O–H groups in total. The molecule has 0 saturated carbocycles. The van der Waals surface area contributed by atoms with E-state index < -0.39 is 0 Å². The second-order valence-electron chi connectivity index (χ2n) is 2.52. The topological polar surface area (TPSA) is 35.2 Å². The molecule has 0 spiro atoms. The van der Waals surface area contributed by atoms with Crippen LogP contribution < -0.4 is 10.5 Å². The van der Waals surface area contributed by atoms with Crippen molar-refractivity contribution in [3.63, 3.8) is 0 Å². The first kappa shape index (κ1) is 10.1. The van der Waals surface area contributed by atoms with Gasteiger partial charge in [0.05, 0.1) is 12.0 Å².